The molecule has 3 rings (SSSR count). The fraction of sp³-hybridized carbons (Fsp3) is 0.476. The van der Waals surface area contributed by atoms with Gasteiger partial charge in [0.1, 0.15) is 0 Å². The number of amides is 1. The summed E-state index contributed by atoms with van der Waals surface area (Å²) in [5.41, 5.74) is 2.22. The molecular weight excluding hydrogens is 376 g/mol. The lowest BCUT2D eigenvalue weighted by molar-refractivity contribution is -0.116. The monoisotopic (exact) mass is 404 g/mol. The molecular formula is C21H28N2O4S. The number of morpholine rings is 1. The van der Waals surface area contributed by atoms with Crippen molar-refractivity contribution < 1.29 is 17.9 Å². The Labute approximate surface area is 167 Å². The molecule has 1 saturated heterocycles. The number of sulfonamides is 1. The molecule has 1 amide bonds. The van der Waals surface area contributed by atoms with Gasteiger partial charge in [0.2, 0.25) is 15.9 Å². The molecule has 0 atom stereocenters. The third-order valence-corrected chi connectivity index (χ3v) is 6.96. The molecule has 1 aliphatic carbocycles. The second-order valence-electron chi connectivity index (χ2n) is 7.07. The van der Waals surface area contributed by atoms with Crippen LogP contribution >= 0.6 is 0 Å². The first-order valence-corrected chi connectivity index (χ1v) is 11.3. The summed E-state index contributed by atoms with van der Waals surface area (Å²) in [6, 6.07) is 6.59. The number of benzene rings is 1. The van der Waals surface area contributed by atoms with Crippen molar-refractivity contribution in [3.05, 3.63) is 47.6 Å². The molecule has 7 heteroatoms. The van der Waals surface area contributed by atoms with Crippen molar-refractivity contribution in [3.63, 3.8) is 0 Å². The molecule has 0 unspecified atom stereocenters. The van der Waals surface area contributed by atoms with E-state index in [-0.39, 0.29) is 10.8 Å². The van der Waals surface area contributed by atoms with E-state index in [1.54, 1.807) is 30.3 Å². The van der Waals surface area contributed by atoms with E-state index in [1.165, 1.54) is 28.8 Å². The zero-order valence-electron chi connectivity index (χ0n) is 16.1. The molecule has 152 valence electrons. The predicted octanol–water partition coefficient (Wildman–Crippen LogP) is 2.73. The Bertz CT molecular complexity index is 822. The van der Waals surface area contributed by atoms with Crippen molar-refractivity contribution >= 4 is 22.0 Å². The highest BCUT2D eigenvalue weighted by molar-refractivity contribution is 7.89. The van der Waals surface area contributed by atoms with Crippen LogP contribution in [0, 0.1) is 0 Å². The number of carbonyl (C=O) groups is 1. The largest absolute Gasteiger partial charge is 0.379 e. The van der Waals surface area contributed by atoms with Crippen LogP contribution in [0.25, 0.3) is 6.08 Å². The third kappa shape index (κ3) is 5.77. The minimum atomic E-state index is -3.49. The molecule has 1 heterocycles. The number of nitrogens with one attached hydrogen (secondary N) is 1. The Kier molecular flexibility index (Phi) is 7.42. The number of carbonyl (C=O) groups excluding carboxylic acids is 1. The number of nitrogens with zero attached hydrogens (tertiary/aromatic N) is 1. The highest BCUT2D eigenvalue weighted by Gasteiger charge is 2.25. The van der Waals surface area contributed by atoms with Gasteiger partial charge in [0, 0.05) is 25.7 Å². The van der Waals surface area contributed by atoms with Gasteiger partial charge in [-0.1, -0.05) is 23.8 Å². The normalized spacial score (nSPS) is 18.8. The summed E-state index contributed by atoms with van der Waals surface area (Å²) < 4.78 is 31.8. The lowest BCUT2D eigenvalue weighted by atomic mass is 9.97. The fourth-order valence-corrected chi connectivity index (χ4v) is 4.80. The van der Waals surface area contributed by atoms with Crippen LogP contribution in [0.3, 0.4) is 0 Å². The first-order chi connectivity index (χ1) is 13.6. The molecule has 0 aromatic heterocycles. The molecule has 1 fully saturated rings. The Balaban J connectivity index is 1.50. The van der Waals surface area contributed by atoms with Crippen molar-refractivity contribution in [2.75, 3.05) is 32.8 Å². The average Bonchev–Trinajstić information content (AvgIpc) is 2.74. The van der Waals surface area contributed by atoms with Gasteiger partial charge in [-0.05, 0) is 55.9 Å². The fourth-order valence-electron chi connectivity index (χ4n) is 3.40. The van der Waals surface area contributed by atoms with E-state index >= 15 is 0 Å². The molecule has 1 aromatic rings. The summed E-state index contributed by atoms with van der Waals surface area (Å²) in [5, 5.41) is 2.90. The van der Waals surface area contributed by atoms with Crippen molar-refractivity contribution in [2.24, 2.45) is 0 Å². The third-order valence-electron chi connectivity index (χ3n) is 5.05. The number of hydrogen-bond acceptors (Lipinski definition) is 4. The van der Waals surface area contributed by atoms with Crippen LogP contribution in [-0.2, 0) is 19.6 Å². The van der Waals surface area contributed by atoms with Crippen LogP contribution < -0.4 is 5.32 Å². The van der Waals surface area contributed by atoms with Crippen molar-refractivity contribution in [3.8, 4) is 0 Å². The van der Waals surface area contributed by atoms with Gasteiger partial charge < -0.3 is 10.1 Å². The van der Waals surface area contributed by atoms with E-state index in [9.17, 15) is 13.2 Å². The average molecular weight is 405 g/mol. The van der Waals surface area contributed by atoms with Crippen LogP contribution in [0.15, 0.2) is 46.9 Å². The van der Waals surface area contributed by atoms with Crippen molar-refractivity contribution in [1.82, 2.24) is 9.62 Å². The smallest absolute Gasteiger partial charge is 0.244 e. The molecule has 1 aromatic carbocycles. The van der Waals surface area contributed by atoms with Crippen LogP contribution in [0.4, 0.5) is 0 Å². The van der Waals surface area contributed by atoms with Gasteiger partial charge in [0.05, 0.1) is 18.1 Å². The minimum absolute atomic E-state index is 0.138. The summed E-state index contributed by atoms with van der Waals surface area (Å²) in [6.45, 7) is 2.24. The SMILES string of the molecule is O=C(/C=C/c1ccc(S(=O)(=O)N2CCOCC2)cc1)NCCC1=CCCCC1. The number of rotatable bonds is 7. The van der Waals surface area contributed by atoms with Gasteiger partial charge in [-0.15, -0.1) is 0 Å². The number of allylic oxidation sites excluding steroid dienone is 1. The molecule has 1 aliphatic heterocycles. The van der Waals surface area contributed by atoms with E-state index in [0.717, 1.165) is 24.8 Å². The topological polar surface area (TPSA) is 75.7 Å². The summed E-state index contributed by atoms with van der Waals surface area (Å²) in [4.78, 5) is 12.2. The summed E-state index contributed by atoms with van der Waals surface area (Å²) in [7, 11) is -3.49. The number of hydrogen-bond donors (Lipinski definition) is 1. The maximum atomic E-state index is 12.6. The van der Waals surface area contributed by atoms with Crippen LogP contribution in [-0.4, -0.2) is 51.5 Å². The summed E-state index contributed by atoms with van der Waals surface area (Å²) in [5.74, 6) is -0.138. The van der Waals surface area contributed by atoms with E-state index in [1.807, 2.05) is 0 Å². The van der Waals surface area contributed by atoms with Crippen molar-refractivity contribution in [1.29, 1.82) is 0 Å². The Morgan fingerprint density at radius 2 is 1.89 bits per heavy atom. The molecule has 28 heavy (non-hydrogen) atoms. The quantitative estimate of drug-likeness (QED) is 0.560. The predicted molar refractivity (Wildman–Crippen MR) is 109 cm³/mol. The second kappa shape index (κ2) is 10.0. The Morgan fingerprint density at radius 1 is 1.14 bits per heavy atom. The van der Waals surface area contributed by atoms with Crippen LogP contribution in [0.5, 0.6) is 0 Å². The van der Waals surface area contributed by atoms with Gasteiger partial charge in [-0.2, -0.15) is 4.31 Å². The van der Waals surface area contributed by atoms with Crippen molar-refractivity contribution in [2.45, 2.75) is 37.0 Å². The Hall–Kier alpha value is -1.96. The van der Waals surface area contributed by atoms with Gasteiger partial charge in [0.25, 0.3) is 0 Å². The van der Waals surface area contributed by atoms with E-state index in [4.69, 9.17) is 4.74 Å². The van der Waals surface area contributed by atoms with Gasteiger partial charge in [0.15, 0.2) is 0 Å². The van der Waals surface area contributed by atoms with Gasteiger partial charge in [-0.3, -0.25) is 4.79 Å². The van der Waals surface area contributed by atoms with Crippen LogP contribution in [0.2, 0.25) is 0 Å². The van der Waals surface area contributed by atoms with E-state index in [2.05, 4.69) is 11.4 Å². The van der Waals surface area contributed by atoms with Gasteiger partial charge >= 0.3 is 0 Å². The lowest BCUT2D eigenvalue weighted by Gasteiger charge is -2.26. The summed E-state index contributed by atoms with van der Waals surface area (Å²) in [6.07, 6.45) is 11.2. The summed E-state index contributed by atoms with van der Waals surface area (Å²) >= 11 is 0. The molecule has 0 radical (unpaired) electrons. The molecule has 6 nitrogen and oxygen atoms in total. The maximum absolute atomic E-state index is 12.6. The van der Waals surface area contributed by atoms with Gasteiger partial charge in [-0.25, -0.2) is 8.42 Å². The molecule has 1 N–H and O–H groups in total. The molecule has 0 spiro atoms. The molecule has 2 aliphatic rings. The zero-order chi connectivity index (χ0) is 19.8. The first-order valence-electron chi connectivity index (χ1n) is 9.87. The number of ether oxygens (including phenoxy) is 1. The second-order valence-corrected chi connectivity index (χ2v) is 9.01. The highest BCUT2D eigenvalue weighted by Crippen LogP contribution is 2.20. The lowest BCUT2D eigenvalue weighted by Crippen LogP contribution is -2.40. The minimum Gasteiger partial charge on any atom is -0.379 e. The van der Waals surface area contributed by atoms with Crippen LogP contribution in [0.1, 0.15) is 37.7 Å². The standard InChI is InChI=1S/C21H28N2O4S/c24-21(22-13-12-18-4-2-1-3-5-18)11-8-19-6-9-20(10-7-19)28(25,26)23-14-16-27-17-15-23/h4,6-11H,1-3,5,12-17H2,(H,22,24)/b11-8+. The molecule has 0 bridgehead atoms. The first kappa shape index (κ1) is 20.8. The Morgan fingerprint density at radius 3 is 2.57 bits per heavy atom. The molecule has 0 saturated carbocycles. The highest BCUT2D eigenvalue weighted by atomic mass is 32.2. The van der Waals surface area contributed by atoms with E-state index in [0.29, 0.717) is 32.8 Å². The van der Waals surface area contributed by atoms with E-state index < -0.39 is 10.0 Å². The zero-order valence-corrected chi connectivity index (χ0v) is 16.9. The maximum Gasteiger partial charge on any atom is 0.244 e.